The highest BCUT2D eigenvalue weighted by atomic mass is 14.3. The summed E-state index contributed by atoms with van der Waals surface area (Å²) in [5, 5.41) is 0. The standard InChI is InChI=1S/C14H28/c1-4-5-6-9-12(2)14-11-8-7-10-13(14)3/h12-14H,4-11H2,1-3H3. The average molecular weight is 196 g/mol. The van der Waals surface area contributed by atoms with Crippen molar-refractivity contribution in [3.8, 4) is 0 Å². The van der Waals surface area contributed by atoms with Crippen molar-refractivity contribution in [2.45, 2.75) is 72.1 Å². The Labute approximate surface area is 90.5 Å². The molecule has 0 spiro atoms. The molecule has 1 aliphatic rings. The molecule has 0 N–H and O–H groups in total. The number of hydrogen-bond donors (Lipinski definition) is 0. The van der Waals surface area contributed by atoms with Gasteiger partial charge in [0.15, 0.2) is 0 Å². The minimum atomic E-state index is 0.983. The van der Waals surface area contributed by atoms with Gasteiger partial charge in [-0.25, -0.2) is 0 Å². The summed E-state index contributed by atoms with van der Waals surface area (Å²) in [5.41, 5.74) is 0. The molecule has 3 unspecified atom stereocenters. The van der Waals surface area contributed by atoms with Gasteiger partial charge in [-0.2, -0.15) is 0 Å². The van der Waals surface area contributed by atoms with Gasteiger partial charge in [-0.15, -0.1) is 0 Å². The molecule has 0 aromatic rings. The summed E-state index contributed by atoms with van der Waals surface area (Å²) in [6.45, 7) is 7.26. The summed E-state index contributed by atoms with van der Waals surface area (Å²) in [6.07, 6.45) is 11.7. The Hall–Kier alpha value is 0. The van der Waals surface area contributed by atoms with E-state index in [1.165, 1.54) is 51.4 Å². The highest BCUT2D eigenvalue weighted by molar-refractivity contribution is 4.76. The van der Waals surface area contributed by atoms with Gasteiger partial charge >= 0.3 is 0 Å². The Bertz CT molecular complexity index is 139. The van der Waals surface area contributed by atoms with Crippen LogP contribution in [-0.2, 0) is 0 Å². The molecular formula is C14H28. The zero-order valence-corrected chi connectivity index (χ0v) is 10.4. The summed E-state index contributed by atoms with van der Waals surface area (Å²) < 4.78 is 0. The van der Waals surface area contributed by atoms with E-state index in [0.29, 0.717) is 0 Å². The summed E-state index contributed by atoms with van der Waals surface area (Å²) in [6, 6.07) is 0. The lowest BCUT2D eigenvalue weighted by Gasteiger charge is -2.33. The Morgan fingerprint density at radius 1 is 1.14 bits per heavy atom. The first-order chi connectivity index (χ1) is 6.75. The fourth-order valence-corrected chi connectivity index (χ4v) is 3.12. The molecular weight excluding hydrogens is 168 g/mol. The molecule has 1 saturated carbocycles. The van der Waals surface area contributed by atoms with E-state index in [-0.39, 0.29) is 0 Å². The Morgan fingerprint density at radius 2 is 1.86 bits per heavy atom. The van der Waals surface area contributed by atoms with Crippen molar-refractivity contribution in [2.24, 2.45) is 17.8 Å². The molecule has 0 heteroatoms. The second kappa shape index (κ2) is 6.48. The maximum atomic E-state index is 2.49. The third-order valence-corrected chi connectivity index (χ3v) is 4.17. The molecule has 0 heterocycles. The topological polar surface area (TPSA) is 0 Å². The number of rotatable bonds is 5. The largest absolute Gasteiger partial charge is 0.0654 e. The number of hydrogen-bond acceptors (Lipinski definition) is 0. The molecule has 1 aliphatic carbocycles. The summed E-state index contributed by atoms with van der Waals surface area (Å²) in [5.74, 6) is 3.03. The van der Waals surface area contributed by atoms with Crippen LogP contribution in [0, 0.1) is 17.8 Å². The third kappa shape index (κ3) is 3.63. The number of unbranched alkanes of at least 4 members (excludes halogenated alkanes) is 2. The lowest BCUT2D eigenvalue weighted by Crippen LogP contribution is -2.23. The van der Waals surface area contributed by atoms with Gasteiger partial charge in [0.25, 0.3) is 0 Å². The second-order valence-electron chi connectivity index (χ2n) is 5.40. The van der Waals surface area contributed by atoms with E-state index < -0.39 is 0 Å². The lowest BCUT2D eigenvalue weighted by molar-refractivity contribution is 0.175. The maximum absolute atomic E-state index is 2.49. The summed E-state index contributed by atoms with van der Waals surface area (Å²) in [4.78, 5) is 0. The van der Waals surface area contributed by atoms with Gasteiger partial charge in [0, 0.05) is 0 Å². The van der Waals surface area contributed by atoms with Crippen LogP contribution in [0.1, 0.15) is 72.1 Å². The van der Waals surface area contributed by atoms with Gasteiger partial charge in [0.05, 0.1) is 0 Å². The average Bonchev–Trinajstić information content (AvgIpc) is 2.18. The van der Waals surface area contributed by atoms with E-state index in [9.17, 15) is 0 Å². The Morgan fingerprint density at radius 3 is 2.50 bits per heavy atom. The summed E-state index contributed by atoms with van der Waals surface area (Å²) >= 11 is 0. The SMILES string of the molecule is CCCCCC(C)C1CCCCC1C. The first-order valence-corrected chi connectivity index (χ1v) is 6.75. The monoisotopic (exact) mass is 196 g/mol. The fraction of sp³-hybridized carbons (Fsp3) is 1.00. The maximum Gasteiger partial charge on any atom is -0.0363 e. The van der Waals surface area contributed by atoms with Crippen molar-refractivity contribution in [1.29, 1.82) is 0 Å². The van der Waals surface area contributed by atoms with Gasteiger partial charge in [-0.3, -0.25) is 0 Å². The molecule has 0 bridgehead atoms. The van der Waals surface area contributed by atoms with Crippen molar-refractivity contribution in [3.63, 3.8) is 0 Å². The zero-order valence-electron chi connectivity index (χ0n) is 10.4. The van der Waals surface area contributed by atoms with E-state index in [4.69, 9.17) is 0 Å². The van der Waals surface area contributed by atoms with Crippen LogP contribution in [0.4, 0.5) is 0 Å². The minimum Gasteiger partial charge on any atom is -0.0654 e. The van der Waals surface area contributed by atoms with Crippen LogP contribution < -0.4 is 0 Å². The van der Waals surface area contributed by atoms with Gasteiger partial charge in [0.1, 0.15) is 0 Å². The quantitative estimate of drug-likeness (QED) is 0.541. The molecule has 3 atom stereocenters. The van der Waals surface area contributed by atoms with Crippen molar-refractivity contribution < 1.29 is 0 Å². The van der Waals surface area contributed by atoms with Gasteiger partial charge < -0.3 is 0 Å². The molecule has 0 aromatic carbocycles. The van der Waals surface area contributed by atoms with Crippen LogP contribution in [0.3, 0.4) is 0 Å². The Balaban J connectivity index is 2.23. The lowest BCUT2D eigenvalue weighted by atomic mass is 9.72. The van der Waals surface area contributed by atoms with E-state index in [2.05, 4.69) is 20.8 Å². The predicted molar refractivity (Wildman–Crippen MR) is 64.4 cm³/mol. The van der Waals surface area contributed by atoms with Crippen molar-refractivity contribution in [2.75, 3.05) is 0 Å². The molecule has 0 aromatic heterocycles. The van der Waals surface area contributed by atoms with Crippen LogP contribution in [0.5, 0.6) is 0 Å². The van der Waals surface area contributed by atoms with Crippen LogP contribution in [0.15, 0.2) is 0 Å². The van der Waals surface area contributed by atoms with Gasteiger partial charge in [-0.1, -0.05) is 65.7 Å². The van der Waals surface area contributed by atoms with Crippen LogP contribution >= 0.6 is 0 Å². The van der Waals surface area contributed by atoms with Gasteiger partial charge in [0.2, 0.25) is 0 Å². The predicted octanol–water partition coefficient (Wildman–Crippen LogP) is 5.03. The van der Waals surface area contributed by atoms with Crippen LogP contribution in [-0.4, -0.2) is 0 Å². The minimum absolute atomic E-state index is 0.983. The molecule has 0 saturated heterocycles. The van der Waals surface area contributed by atoms with E-state index in [0.717, 1.165) is 17.8 Å². The fourth-order valence-electron chi connectivity index (χ4n) is 3.12. The van der Waals surface area contributed by atoms with Gasteiger partial charge in [-0.05, 0) is 24.2 Å². The zero-order chi connectivity index (χ0) is 10.4. The summed E-state index contributed by atoms with van der Waals surface area (Å²) in [7, 11) is 0. The smallest absolute Gasteiger partial charge is 0.0363 e. The van der Waals surface area contributed by atoms with Crippen molar-refractivity contribution in [3.05, 3.63) is 0 Å². The van der Waals surface area contributed by atoms with Crippen molar-refractivity contribution >= 4 is 0 Å². The Kier molecular flexibility index (Phi) is 5.59. The molecule has 1 fully saturated rings. The highest BCUT2D eigenvalue weighted by Gasteiger charge is 2.25. The van der Waals surface area contributed by atoms with E-state index in [1.54, 1.807) is 0 Å². The van der Waals surface area contributed by atoms with Crippen LogP contribution in [0.2, 0.25) is 0 Å². The molecule has 0 amide bonds. The highest BCUT2D eigenvalue weighted by Crippen LogP contribution is 2.36. The molecule has 0 nitrogen and oxygen atoms in total. The molecule has 0 radical (unpaired) electrons. The van der Waals surface area contributed by atoms with Crippen molar-refractivity contribution in [1.82, 2.24) is 0 Å². The van der Waals surface area contributed by atoms with E-state index in [1.807, 2.05) is 0 Å². The normalized spacial score (nSPS) is 30.2. The third-order valence-electron chi connectivity index (χ3n) is 4.17. The van der Waals surface area contributed by atoms with E-state index >= 15 is 0 Å². The second-order valence-corrected chi connectivity index (χ2v) is 5.40. The molecule has 84 valence electrons. The molecule has 14 heavy (non-hydrogen) atoms. The molecule has 1 rings (SSSR count). The van der Waals surface area contributed by atoms with Crippen LogP contribution in [0.25, 0.3) is 0 Å². The molecule has 0 aliphatic heterocycles. The first kappa shape index (κ1) is 12.1. The first-order valence-electron chi connectivity index (χ1n) is 6.75.